The summed E-state index contributed by atoms with van der Waals surface area (Å²) in [5.41, 5.74) is 3.23. The molecular weight excluding hydrogens is 408 g/mol. The number of unbranched alkanes of at least 4 members (excludes halogenated alkanes) is 4. The Kier molecular flexibility index (Phi) is 8.02. The Morgan fingerprint density at radius 2 is 1.64 bits per heavy atom. The smallest absolute Gasteiger partial charge is 0.374 e. The molecule has 2 aromatic carbocycles. The SMILES string of the molecule is CCCCCN1\C(=C/C=C/C=C/c2oc3ccccc3[n+]2CCCCC)Oc2ccccc21. The number of hydrogen-bond donors (Lipinski definition) is 0. The Balaban J connectivity index is 1.48. The van der Waals surface area contributed by atoms with E-state index in [0.717, 1.165) is 60.2 Å². The van der Waals surface area contributed by atoms with Crippen molar-refractivity contribution in [2.24, 2.45) is 0 Å². The van der Waals surface area contributed by atoms with Crippen LogP contribution in [0.5, 0.6) is 5.75 Å². The normalized spacial score (nSPS) is 14.7. The van der Waals surface area contributed by atoms with Crippen molar-refractivity contribution in [1.29, 1.82) is 0 Å². The monoisotopic (exact) mass is 443 g/mol. The van der Waals surface area contributed by atoms with Crippen LogP contribution in [0.25, 0.3) is 17.2 Å². The summed E-state index contributed by atoms with van der Waals surface area (Å²) < 4.78 is 14.5. The van der Waals surface area contributed by atoms with Crippen molar-refractivity contribution in [2.45, 2.75) is 58.9 Å². The summed E-state index contributed by atoms with van der Waals surface area (Å²) in [6.45, 7) is 6.40. The zero-order chi connectivity index (χ0) is 22.9. The van der Waals surface area contributed by atoms with Crippen molar-refractivity contribution in [3.8, 4) is 5.75 Å². The molecular formula is C29H35N2O2+. The molecule has 0 spiro atoms. The maximum Gasteiger partial charge on any atom is 0.374 e. The molecule has 0 bridgehead atoms. The van der Waals surface area contributed by atoms with Crippen molar-refractivity contribution in [3.05, 3.63) is 84.6 Å². The lowest BCUT2D eigenvalue weighted by atomic mass is 10.2. The first kappa shape index (κ1) is 22.9. The van der Waals surface area contributed by atoms with Crippen LogP contribution >= 0.6 is 0 Å². The van der Waals surface area contributed by atoms with Gasteiger partial charge in [-0.15, -0.1) is 0 Å². The van der Waals surface area contributed by atoms with Gasteiger partial charge in [0.25, 0.3) is 5.52 Å². The second-order valence-electron chi connectivity index (χ2n) is 8.44. The van der Waals surface area contributed by atoms with Gasteiger partial charge >= 0.3 is 5.89 Å². The van der Waals surface area contributed by atoms with Gasteiger partial charge in [0, 0.05) is 19.0 Å². The fourth-order valence-electron chi connectivity index (χ4n) is 4.19. The number of rotatable bonds is 11. The maximum atomic E-state index is 6.12. The van der Waals surface area contributed by atoms with Crippen molar-refractivity contribution in [2.75, 3.05) is 11.4 Å². The van der Waals surface area contributed by atoms with Crippen molar-refractivity contribution >= 4 is 22.9 Å². The molecule has 1 aliphatic heterocycles. The second-order valence-corrected chi connectivity index (χ2v) is 8.44. The molecule has 0 fully saturated rings. The fraction of sp³-hybridized carbons (Fsp3) is 0.345. The fourth-order valence-corrected chi connectivity index (χ4v) is 4.19. The molecule has 33 heavy (non-hydrogen) atoms. The number of anilines is 1. The Labute approximate surface area is 197 Å². The molecule has 1 aromatic heterocycles. The number of hydrogen-bond acceptors (Lipinski definition) is 3. The number of nitrogens with zero attached hydrogens (tertiary/aromatic N) is 2. The molecule has 3 aromatic rings. The van der Waals surface area contributed by atoms with E-state index < -0.39 is 0 Å². The van der Waals surface area contributed by atoms with Gasteiger partial charge in [0.1, 0.15) is 0 Å². The van der Waals surface area contributed by atoms with Crippen LogP contribution in [0.3, 0.4) is 0 Å². The van der Waals surface area contributed by atoms with Crippen LogP contribution in [-0.2, 0) is 6.54 Å². The highest BCUT2D eigenvalue weighted by Gasteiger charge is 2.24. The van der Waals surface area contributed by atoms with Gasteiger partial charge in [-0.05, 0) is 37.1 Å². The van der Waals surface area contributed by atoms with E-state index in [1.807, 2.05) is 54.6 Å². The minimum Gasteiger partial charge on any atom is -0.439 e. The van der Waals surface area contributed by atoms with Crippen molar-refractivity contribution < 1.29 is 13.7 Å². The van der Waals surface area contributed by atoms with Crippen LogP contribution in [0, 0.1) is 0 Å². The molecule has 0 unspecified atom stereocenters. The third-order valence-electron chi connectivity index (χ3n) is 5.94. The zero-order valence-corrected chi connectivity index (χ0v) is 19.9. The quantitative estimate of drug-likeness (QED) is 0.175. The first-order valence-corrected chi connectivity index (χ1v) is 12.3. The Morgan fingerprint density at radius 1 is 0.848 bits per heavy atom. The summed E-state index contributed by atoms with van der Waals surface area (Å²) in [7, 11) is 0. The number of aryl methyl sites for hydroxylation is 1. The Hall–Kier alpha value is -3.27. The highest BCUT2D eigenvalue weighted by atomic mass is 16.5. The minimum atomic E-state index is 0.885. The highest BCUT2D eigenvalue weighted by Crippen LogP contribution is 2.38. The molecule has 172 valence electrons. The van der Waals surface area contributed by atoms with Gasteiger partial charge in [-0.3, -0.25) is 0 Å². The summed E-state index contributed by atoms with van der Waals surface area (Å²) in [5, 5.41) is 0. The van der Waals surface area contributed by atoms with E-state index in [2.05, 4.69) is 47.6 Å². The summed E-state index contributed by atoms with van der Waals surface area (Å²) in [4.78, 5) is 2.28. The van der Waals surface area contributed by atoms with Crippen LogP contribution in [0.15, 0.2) is 83.1 Å². The minimum absolute atomic E-state index is 0.885. The van der Waals surface area contributed by atoms with E-state index >= 15 is 0 Å². The average molecular weight is 444 g/mol. The molecule has 0 N–H and O–H groups in total. The van der Waals surface area contributed by atoms with Gasteiger partial charge in [0.2, 0.25) is 11.5 Å². The molecule has 4 nitrogen and oxygen atoms in total. The number of para-hydroxylation sites is 4. The third kappa shape index (κ3) is 5.57. The Bertz CT molecular complexity index is 1140. The molecule has 0 saturated heterocycles. The number of ether oxygens (including phenoxy) is 1. The van der Waals surface area contributed by atoms with E-state index in [9.17, 15) is 0 Å². The lowest BCUT2D eigenvalue weighted by Gasteiger charge is -2.17. The van der Waals surface area contributed by atoms with E-state index in [-0.39, 0.29) is 0 Å². The lowest BCUT2D eigenvalue weighted by molar-refractivity contribution is -0.678. The highest BCUT2D eigenvalue weighted by molar-refractivity contribution is 5.69. The van der Waals surface area contributed by atoms with Gasteiger partial charge in [-0.1, -0.05) is 75.6 Å². The zero-order valence-electron chi connectivity index (χ0n) is 19.9. The molecule has 0 aliphatic carbocycles. The van der Waals surface area contributed by atoms with E-state index in [4.69, 9.17) is 9.15 Å². The maximum absolute atomic E-state index is 6.12. The van der Waals surface area contributed by atoms with Gasteiger partial charge < -0.3 is 14.1 Å². The molecule has 4 heteroatoms. The number of benzene rings is 2. The first-order valence-electron chi connectivity index (χ1n) is 12.3. The van der Waals surface area contributed by atoms with Crippen LogP contribution in [0.4, 0.5) is 5.69 Å². The predicted molar refractivity (Wildman–Crippen MR) is 136 cm³/mol. The standard InChI is InChI=1S/C29H35N2O2/c1-3-5-14-22-30-24-16-10-12-18-26(24)32-28(30)20-8-7-9-21-29-31(23-15-6-4-2)25-17-11-13-19-27(25)33-29/h7-13,16-21H,3-6,14-15,22-23H2,1-2H3/q+1. The predicted octanol–water partition coefficient (Wildman–Crippen LogP) is 7.41. The van der Waals surface area contributed by atoms with Crippen LogP contribution in [-0.4, -0.2) is 6.54 Å². The van der Waals surface area contributed by atoms with Gasteiger partial charge in [-0.2, -0.15) is 4.57 Å². The van der Waals surface area contributed by atoms with E-state index in [1.54, 1.807) is 0 Å². The van der Waals surface area contributed by atoms with Crippen LogP contribution in [0.1, 0.15) is 58.3 Å². The van der Waals surface area contributed by atoms with Gasteiger partial charge in [-0.25, -0.2) is 0 Å². The largest absolute Gasteiger partial charge is 0.439 e. The molecule has 0 saturated carbocycles. The molecule has 4 rings (SSSR count). The van der Waals surface area contributed by atoms with E-state index in [1.165, 1.54) is 25.7 Å². The average Bonchev–Trinajstić information content (AvgIpc) is 3.37. The summed E-state index contributed by atoms with van der Waals surface area (Å²) in [6, 6.07) is 16.5. The summed E-state index contributed by atoms with van der Waals surface area (Å²) in [6.07, 6.45) is 17.4. The molecule has 0 radical (unpaired) electrons. The second kappa shape index (κ2) is 11.6. The number of allylic oxidation sites excluding steroid dienone is 4. The molecule has 1 aliphatic rings. The van der Waals surface area contributed by atoms with E-state index in [0.29, 0.717) is 0 Å². The van der Waals surface area contributed by atoms with Gasteiger partial charge in [0.05, 0.1) is 11.8 Å². The molecule has 2 heterocycles. The Morgan fingerprint density at radius 3 is 2.52 bits per heavy atom. The van der Waals surface area contributed by atoms with Crippen molar-refractivity contribution in [3.63, 3.8) is 0 Å². The summed E-state index contributed by atoms with van der Waals surface area (Å²) >= 11 is 0. The first-order chi connectivity index (χ1) is 16.3. The number of oxazole rings is 1. The molecule has 0 amide bonds. The van der Waals surface area contributed by atoms with Gasteiger partial charge in [0.15, 0.2) is 12.3 Å². The summed E-state index contributed by atoms with van der Waals surface area (Å²) in [5.74, 6) is 2.70. The number of fused-ring (bicyclic) bond motifs is 2. The topological polar surface area (TPSA) is 29.5 Å². The number of aromatic nitrogens is 1. The third-order valence-corrected chi connectivity index (χ3v) is 5.94. The lowest BCUT2D eigenvalue weighted by Crippen LogP contribution is -2.35. The molecule has 0 atom stereocenters. The van der Waals surface area contributed by atoms with Crippen molar-refractivity contribution in [1.82, 2.24) is 0 Å². The van der Waals surface area contributed by atoms with Crippen LogP contribution in [0.2, 0.25) is 0 Å². The van der Waals surface area contributed by atoms with Crippen LogP contribution < -0.4 is 14.2 Å².